The lowest BCUT2D eigenvalue weighted by Crippen LogP contribution is -2.29. The first kappa shape index (κ1) is 18.5. The molecule has 1 aromatic heterocycles. The van der Waals surface area contributed by atoms with Gasteiger partial charge in [0.2, 0.25) is 0 Å². The van der Waals surface area contributed by atoms with Crippen molar-refractivity contribution in [1.82, 2.24) is 15.2 Å². The van der Waals surface area contributed by atoms with Gasteiger partial charge in [0, 0.05) is 11.9 Å². The Bertz CT molecular complexity index is 1040. The van der Waals surface area contributed by atoms with E-state index in [1.54, 1.807) is 24.3 Å². The molecule has 0 aliphatic carbocycles. The number of hydrazone groups is 1. The minimum absolute atomic E-state index is 0.189. The van der Waals surface area contributed by atoms with Gasteiger partial charge in [0.05, 0.1) is 11.1 Å². The summed E-state index contributed by atoms with van der Waals surface area (Å²) in [6, 6.07) is 16.7. The number of nitrogens with one attached hydrogen (secondary N) is 1. The van der Waals surface area contributed by atoms with E-state index in [-0.39, 0.29) is 11.3 Å². The summed E-state index contributed by atoms with van der Waals surface area (Å²) in [5.41, 5.74) is 4.34. The molecule has 6 heteroatoms. The van der Waals surface area contributed by atoms with Crippen LogP contribution in [0.3, 0.4) is 0 Å². The maximum atomic E-state index is 12.8. The number of amides is 1. The summed E-state index contributed by atoms with van der Waals surface area (Å²) in [6.07, 6.45) is 1.42. The van der Waals surface area contributed by atoms with Gasteiger partial charge in [-0.3, -0.25) is 9.59 Å². The maximum Gasteiger partial charge on any atom is 0.292 e. The second kappa shape index (κ2) is 8.40. The Morgan fingerprint density at radius 2 is 1.70 bits per heavy atom. The molecule has 0 aliphatic heterocycles. The van der Waals surface area contributed by atoms with Crippen molar-refractivity contribution in [3.63, 3.8) is 0 Å². The van der Waals surface area contributed by atoms with Crippen LogP contribution in [-0.2, 0) is 6.54 Å². The predicted molar refractivity (Wildman–Crippen MR) is 107 cm³/mol. The molecule has 0 saturated heterocycles. The van der Waals surface area contributed by atoms with Crippen LogP contribution >= 0.6 is 0 Å². The predicted octanol–water partition coefficient (Wildman–Crippen LogP) is 3.35. The number of hydrogen-bond donors (Lipinski definition) is 1. The zero-order valence-electron chi connectivity index (χ0n) is 15.5. The maximum absolute atomic E-state index is 12.8. The zero-order chi connectivity index (χ0) is 19.2. The van der Waals surface area contributed by atoms with E-state index in [2.05, 4.69) is 15.6 Å². The lowest BCUT2D eigenvalue weighted by Gasteiger charge is -2.10. The van der Waals surface area contributed by atoms with Crippen molar-refractivity contribution < 1.29 is 4.79 Å². The fourth-order valence-electron chi connectivity index (χ4n) is 2.92. The molecule has 1 heterocycles. The lowest BCUT2D eigenvalue weighted by molar-refractivity contribution is 0.0949. The minimum Gasteiger partial charge on any atom is -0.267 e. The van der Waals surface area contributed by atoms with Crippen molar-refractivity contribution in [1.29, 1.82) is 0 Å². The van der Waals surface area contributed by atoms with E-state index in [1.807, 2.05) is 44.2 Å². The first-order valence-electron chi connectivity index (χ1n) is 9.07. The van der Waals surface area contributed by atoms with Gasteiger partial charge in [0.1, 0.15) is 0 Å². The Hall–Kier alpha value is -3.28. The molecule has 0 atom stereocenters. The van der Waals surface area contributed by atoms with Gasteiger partial charge in [0.15, 0.2) is 5.69 Å². The second-order valence-corrected chi connectivity index (χ2v) is 6.14. The largest absolute Gasteiger partial charge is 0.292 e. The second-order valence-electron chi connectivity index (χ2n) is 6.14. The molecular weight excluding hydrogens is 340 g/mol. The normalized spacial score (nSPS) is 11.6. The lowest BCUT2D eigenvalue weighted by atomic mass is 10.1. The molecule has 6 nitrogen and oxygen atoms in total. The Labute approximate surface area is 157 Å². The molecule has 0 saturated carbocycles. The standard InChI is InChI=1S/C21H22N4O2/c1-3-14-25-21(27)17-13-9-8-12-16(17)19(24-25)20(26)23-22-18(4-2)15-10-6-5-7-11-15/h5-13H,3-4,14H2,1-2H3,(H,23,26)/b22-18+. The first-order chi connectivity index (χ1) is 13.2. The Balaban J connectivity index is 1.99. The van der Waals surface area contributed by atoms with Crippen molar-refractivity contribution in [2.24, 2.45) is 5.10 Å². The average molecular weight is 362 g/mol. The molecule has 0 fully saturated rings. The highest BCUT2D eigenvalue weighted by Gasteiger charge is 2.16. The van der Waals surface area contributed by atoms with Gasteiger partial charge < -0.3 is 0 Å². The van der Waals surface area contributed by atoms with Gasteiger partial charge in [-0.25, -0.2) is 10.1 Å². The van der Waals surface area contributed by atoms with Gasteiger partial charge in [-0.15, -0.1) is 0 Å². The molecule has 0 bridgehead atoms. The minimum atomic E-state index is -0.432. The van der Waals surface area contributed by atoms with Crippen LogP contribution in [0.1, 0.15) is 42.7 Å². The molecule has 27 heavy (non-hydrogen) atoms. The summed E-state index contributed by atoms with van der Waals surface area (Å²) < 4.78 is 1.35. The van der Waals surface area contributed by atoms with Gasteiger partial charge in [0.25, 0.3) is 11.5 Å². The van der Waals surface area contributed by atoms with Gasteiger partial charge in [-0.05, 0) is 24.5 Å². The molecule has 1 amide bonds. The Kier molecular flexibility index (Phi) is 5.76. The van der Waals surface area contributed by atoms with Crippen molar-refractivity contribution in [3.8, 4) is 0 Å². The summed E-state index contributed by atoms with van der Waals surface area (Å²) in [6.45, 7) is 4.39. The van der Waals surface area contributed by atoms with Crippen LogP contribution < -0.4 is 11.0 Å². The number of carbonyl (C=O) groups is 1. The average Bonchev–Trinajstić information content (AvgIpc) is 2.71. The molecule has 0 unspecified atom stereocenters. The smallest absolute Gasteiger partial charge is 0.267 e. The van der Waals surface area contributed by atoms with E-state index in [0.717, 1.165) is 17.7 Å². The molecular formula is C21H22N4O2. The molecule has 2 aromatic carbocycles. The highest BCUT2D eigenvalue weighted by Crippen LogP contribution is 2.13. The summed E-state index contributed by atoms with van der Waals surface area (Å²) in [5.74, 6) is -0.432. The number of aromatic nitrogens is 2. The summed E-state index contributed by atoms with van der Waals surface area (Å²) in [7, 11) is 0. The monoisotopic (exact) mass is 362 g/mol. The zero-order valence-corrected chi connectivity index (χ0v) is 15.5. The number of carbonyl (C=O) groups excluding carboxylic acids is 1. The summed E-state index contributed by atoms with van der Waals surface area (Å²) >= 11 is 0. The quantitative estimate of drug-likeness (QED) is 0.540. The van der Waals surface area contributed by atoms with E-state index in [9.17, 15) is 9.59 Å². The van der Waals surface area contributed by atoms with Crippen LogP contribution in [0.25, 0.3) is 10.8 Å². The molecule has 3 rings (SSSR count). The Morgan fingerprint density at radius 3 is 2.37 bits per heavy atom. The number of rotatable bonds is 6. The van der Waals surface area contributed by atoms with E-state index in [4.69, 9.17) is 0 Å². The van der Waals surface area contributed by atoms with Crippen molar-refractivity contribution in [2.45, 2.75) is 33.2 Å². The molecule has 0 aliphatic rings. The fourth-order valence-corrected chi connectivity index (χ4v) is 2.92. The van der Waals surface area contributed by atoms with Crippen LogP contribution in [0, 0.1) is 0 Å². The highest BCUT2D eigenvalue weighted by atomic mass is 16.2. The van der Waals surface area contributed by atoms with Gasteiger partial charge in [-0.2, -0.15) is 10.2 Å². The summed E-state index contributed by atoms with van der Waals surface area (Å²) in [4.78, 5) is 25.3. The third-order valence-corrected chi connectivity index (χ3v) is 4.25. The third kappa shape index (κ3) is 3.95. The molecule has 138 valence electrons. The topological polar surface area (TPSA) is 76.3 Å². The van der Waals surface area contributed by atoms with E-state index in [1.165, 1.54) is 4.68 Å². The highest BCUT2D eigenvalue weighted by molar-refractivity contribution is 6.06. The molecule has 1 N–H and O–H groups in total. The Morgan fingerprint density at radius 1 is 1.04 bits per heavy atom. The van der Waals surface area contributed by atoms with Crippen LogP contribution in [0.4, 0.5) is 0 Å². The first-order valence-corrected chi connectivity index (χ1v) is 9.07. The van der Waals surface area contributed by atoms with Crippen molar-refractivity contribution >= 4 is 22.4 Å². The molecule has 0 radical (unpaired) electrons. The van der Waals surface area contributed by atoms with Crippen LogP contribution in [0.2, 0.25) is 0 Å². The summed E-state index contributed by atoms with van der Waals surface area (Å²) in [5, 5.41) is 9.58. The number of benzene rings is 2. The number of fused-ring (bicyclic) bond motifs is 1. The van der Waals surface area contributed by atoms with Crippen LogP contribution in [-0.4, -0.2) is 21.4 Å². The van der Waals surface area contributed by atoms with Crippen LogP contribution in [0.5, 0.6) is 0 Å². The van der Waals surface area contributed by atoms with E-state index >= 15 is 0 Å². The molecule has 3 aromatic rings. The van der Waals surface area contributed by atoms with Gasteiger partial charge in [-0.1, -0.05) is 62.4 Å². The third-order valence-electron chi connectivity index (χ3n) is 4.25. The fraction of sp³-hybridized carbons (Fsp3) is 0.238. The van der Waals surface area contributed by atoms with E-state index in [0.29, 0.717) is 23.7 Å². The van der Waals surface area contributed by atoms with E-state index < -0.39 is 5.91 Å². The SMILES string of the molecule is CCCn1nc(C(=O)N/N=C(\CC)c2ccccc2)c2ccccc2c1=O. The number of aryl methyl sites for hydroxylation is 1. The van der Waals surface area contributed by atoms with Gasteiger partial charge >= 0.3 is 0 Å². The molecule has 0 spiro atoms. The van der Waals surface area contributed by atoms with Crippen molar-refractivity contribution in [2.75, 3.05) is 0 Å². The van der Waals surface area contributed by atoms with Crippen molar-refractivity contribution in [3.05, 3.63) is 76.2 Å². The van der Waals surface area contributed by atoms with Crippen LogP contribution in [0.15, 0.2) is 64.5 Å². The number of hydrogen-bond acceptors (Lipinski definition) is 4. The number of nitrogens with zero attached hydrogens (tertiary/aromatic N) is 3.